The van der Waals surface area contributed by atoms with Crippen molar-refractivity contribution >= 4 is 11.7 Å². The topological polar surface area (TPSA) is 66.9 Å². The van der Waals surface area contributed by atoms with Gasteiger partial charge in [-0.2, -0.15) is 0 Å². The molecule has 5 nitrogen and oxygen atoms in total. The fraction of sp³-hybridized carbons (Fsp3) is 0.190. The normalized spacial score (nSPS) is 10.4. The highest BCUT2D eigenvalue weighted by atomic mass is 16.1. The molecule has 0 fully saturated rings. The van der Waals surface area contributed by atoms with Gasteiger partial charge in [0.1, 0.15) is 11.5 Å². The molecule has 2 aromatic carbocycles. The lowest BCUT2D eigenvalue weighted by Gasteiger charge is -2.08. The Kier molecular flexibility index (Phi) is 5.59. The van der Waals surface area contributed by atoms with Gasteiger partial charge >= 0.3 is 0 Å². The number of rotatable bonds is 6. The maximum atomic E-state index is 12.2. The minimum atomic E-state index is -0.231. The molecule has 0 spiro atoms. The first kappa shape index (κ1) is 17.6. The van der Waals surface area contributed by atoms with E-state index >= 15 is 0 Å². The summed E-state index contributed by atoms with van der Waals surface area (Å²) in [5.74, 6) is 0.410. The van der Waals surface area contributed by atoms with Crippen molar-refractivity contribution in [2.45, 2.75) is 26.9 Å². The molecule has 5 heteroatoms. The van der Waals surface area contributed by atoms with Crippen molar-refractivity contribution in [3.05, 3.63) is 88.9 Å². The molecule has 0 aliphatic rings. The second-order valence-corrected chi connectivity index (χ2v) is 6.24. The molecule has 0 aliphatic heterocycles. The summed E-state index contributed by atoms with van der Waals surface area (Å²) >= 11 is 0. The van der Waals surface area contributed by atoms with E-state index in [-0.39, 0.29) is 5.91 Å². The molecule has 2 N–H and O–H groups in total. The third-order valence-electron chi connectivity index (χ3n) is 4.14. The number of nitrogens with one attached hydrogen (secondary N) is 2. The number of carbonyl (C=O) groups is 1. The molecule has 1 heterocycles. The monoisotopic (exact) mass is 346 g/mol. The standard InChI is InChI=1S/C21H22N4O/c1-15-6-5-8-17(10-15)11-23-20-14-22-19(13-24-20)21(26)25-12-18-9-4-3-7-16(18)2/h3-10,13-14H,11-12H2,1-2H3,(H,23,24)(H,25,26). The summed E-state index contributed by atoms with van der Waals surface area (Å²) < 4.78 is 0. The summed E-state index contributed by atoms with van der Waals surface area (Å²) in [6, 6.07) is 16.2. The molecule has 1 aromatic heterocycles. The molecule has 0 unspecified atom stereocenters. The highest BCUT2D eigenvalue weighted by molar-refractivity contribution is 5.91. The Balaban J connectivity index is 1.55. The highest BCUT2D eigenvalue weighted by Gasteiger charge is 2.08. The number of benzene rings is 2. The van der Waals surface area contributed by atoms with E-state index in [2.05, 4.69) is 45.7 Å². The van der Waals surface area contributed by atoms with Gasteiger partial charge in [-0.1, -0.05) is 54.1 Å². The molecular formula is C21H22N4O. The molecule has 0 radical (unpaired) electrons. The van der Waals surface area contributed by atoms with Crippen LogP contribution in [0, 0.1) is 13.8 Å². The molecule has 0 aliphatic carbocycles. The Labute approximate surface area is 153 Å². The quantitative estimate of drug-likeness (QED) is 0.715. The van der Waals surface area contributed by atoms with Gasteiger partial charge < -0.3 is 10.6 Å². The largest absolute Gasteiger partial charge is 0.365 e. The van der Waals surface area contributed by atoms with Crippen LogP contribution in [-0.4, -0.2) is 15.9 Å². The molecule has 26 heavy (non-hydrogen) atoms. The first-order valence-corrected chi connectivity index (χ1v) is 8.56. The molecular weight excluding hydrogens is 324 g/mol. The summed E-state index contributed by atoms with van der Waals surface area (Å²) in [5.41, 5.74) is 4.93. The number of aromatic nitrogens is 2. The number of nitrogens with zero attached hydrogens (tertiary/aromatic N) is 2. The summed E-state index contributed by atoms with van der Waals surface area (Å²) in [6.45, 7) is 5.22. The van der Waals surface area contributed by atoms with Gasteiger partial charge in [0.15, 0.2) is 0 Å². The van der Waals surface area contributed by atoms with E-state index in [9.17, 15) is 4.79 Å². The fourth-order valence-corrected chi connectivity index (χ4v) is 2.63. The average molecular weight is 346 g/mol. The van der Waals surface area contributed by atoms with Crippen molar-refractivity contribution in [3.63, 3.8) is 0 Å². The summed E-state index contributed by atoms with van der Waals surface area (Å²) in [4.78, 5) is 20.7. The van der Waals surface area contributed by atoms with Crippen molar-refractivity contribution in [2.24, 2.45) is 0 Å². The molecule has 0 bridgehead atoms. The Morgan fingerprint density at radius 3 is 2.54 bits per heavy atom. The van der Waals surface area contributed by atoms with Crippen LogP contribution in [0.1, 0.15) is 32.7 Å². The van der Waals surface area contributed by atoms with Crippen molar-refractivity contribution < 1.29 is 4.79 Å². The zero-order chi connectivity index (χ0) is 18.4. The van der Waals surface area contributed by atoms with Crippen LogP contribution in [0.15, 0.2) is 60.9 Å². The van der Waals surface area contributed by atoms with E-state index in [4.69, 9.17) is 0 Å². The Bertz CT molecular complexity index is 891. The van der Waals surface area contributed by atoms with Crippen molar-refractivity contribution in [3.8, 4) is 0 Å². The van der Waals surface area contributed by atoms with Crippen LogP contribution in [-0.2, 0) is 13.1 Å². The minimum absolute atomic E-state index is 0.231. The Hall–Kier alpha value is -3.21. The number of hydrogen-bond donors (Lipinski definition) is 2. The first-order valence-electron chi connectivity index (χ1n) is 8.56. The maximum Gasteiger partial charge on any atom is 0.271 e. The van der Waals surface area contributed by atoms with E-state index in [1.54, 1.807) is 6.20 Å². The molecule has 132 valence electrons. The number of carbonyl (C=O) groups excluding carboxylic acids is 1. The molecule has 0 atom stereocenters. The summed E-state index contributed by atoms with van der Waals surface area (Å²) in [5, 5.41) is 6.09. The first-order chi connectivity index (χ1) is 12.6. The van der Waals surface area contributed by atoms with Gasteiger partial charge in [-0.3, -0.25) is 4.79 Å². The van der Waals surface area contributed by atoms with Crippen LogP contribution in [0.2, 0.25) is 0 Å². The van der Waals surface area contributed by atoms with Crippen LogP contribution in [0.5, 0.6) is 0 Å². The van der Waals surface area contributed by atoms with Crippen LogP contribution in [0.4, 0.5) is 5.82 Å². The van der Waals surface area contributed by atoms with E-state index in [1.807, 2.05) is 37.3 Å². The van der Waals surface area contributed by atoms with Gasteiger partial charge in [0.25, 0.3) is 5.91 Å². The molecule has 3 rings (SSSR count). The smallest absolute Gasteiger partial charge is 0.271 e. The number of hydrogen-bond acceptors (Lipinski definition) is 4. The third kappa shape index (κ3) is 4.66. The number of amides is 1. The van der Waals surface area contributed by atoms with E-state index in [0.717, 1.165) is 11.1 Å². The molecule has 1 amide bonds. The van der Waals surface area contributed by atoms with Gasteiger partial charge in [-0.25, -0.2) is 9.97 Å². The van der Waals surface area contributed by atoms with Gasteiger partial charge in [-0.05, 0) is 30.5 Å². The average Bonchev–Trinajstić information content (AvgIpc) is 2.66. The van der Waals surface area contributed by atoms with Crippen molar-refractivity contribution in [2.75, 3.05) is 5.32 Å². The fourth-order valence-electron chi connectivity index (χ4n) is 2.63. The maximum absolute atomic E-state index is 12.2. The van der Waals surface area contributed by atoms with E-state index in [0.29, 0.717) is 24.6 Å². The summed E-state index contributed by atoms with van der Waals surface area (Å²) in [7, 11) is 0. The lowest BCUT2D eigenvalue weighted by atomic mass is 10.1. The second kappa shape index (κ2) is 8.25. The lowest BCUT2D eigenvalue weighted by Crippen LogP contribution is -2.24. The molecule has 0 saturated heterocycles. The molecule has 0 saturated carbocycles. The minimum Gasteiger partial charge on any atom is -0.365 e. The zero-order valence-electron chi connectivity index (χ0n) is 15.0. The van der Waals surface area contributed by atoms with Crippen LogP contribution >= 0.6 is 0 Å². The van der Waals surface area contributed by atoms with Crippen LogP contribution in [0.25, 0.3) is 0 Å². The van der Waals surface area contributed by atoms with Crippen LogP contribution in [0.3, 0.4) is 0 Å². The van der Waals surface area contributed by atoms with Crippen LogP contribution < -0.4 is 10.6 Å². The zero-order valence-corrected chi connectivity index (χ0v) is 15.0. The van der Waals surface area contributed by atoms with Gasteiger partial charge in [0.2, 0.25) is 0 Å². The predicted molar refractivity (Wildman–Crippen MR) is 103 cm³/mol. The highest BCUT2D eigenvalue weighted by Crippen LogP contribution is 2.09. The Morgan fingerprint density at radius 2 is 1.81 bits per heavy atom. The second-order valence-electron chi connectivity index (χ2n) is 6.24. The lowest BCUT2D eigenvalue weighted by molar-refractivity contribution is 0.0945. The van der Waals surface area contributed by atoms with Gasteiger partial charge in [0, 0.05) is 13.1 Å². The van der Waals surface area contributed by atoms with Gasteiger partial charge in [0.05, 0.1) is 12.4 Å². The molecule has 3 aromatic rings. The Morgan fingerprint density at radius 1 is 0.962 bits per heavy atom. The predicted octanol–water partition coefficient (Wildman–Crippen LogP) is 3.64. The van der Waals surface area contributed by atoms with E-state index < -0.39 is 0 Å². The SMILES string of the molecule is Cc1cccc(CNc2cnc(C(=O)NCc3ccccc3C)cn2)c1. The summed E-state index contributed by atoms with van der Waals surface area (Å²) in [6.07, 6.45) is 3.07. The van der Waals surface area contributed by atoms with Gasteiger partial charge in [-0.15, -0.1) is 0 Å². The number of anilines is 1. The third-order valence-corrected chi connectivity index (χ3v) is 4.14. The van der Waals surface area contributed by atoms with Crippen molar-refractivity contribution in [1.29, 1.82) is 0 Å². The van der Waals surface area contributed by atoms with Crippen molar-refractivity contribution in [1.82, 2.24) is 15.3 Å². The van der Waals surface area contributed by atoms with E-state index in [1.165, 1.54) is 17.3 Å². The number of aryl methyl sites for hydroxylation is 2.